The summed E-state index contributed by atoms with van der Waals surface area (Å²) < 4.78 is 10.4. The third-order valence-corrected chi connectivity index (χ3v) is 5.45. The molecule has 3 rings (SSSR count). The smallest absolute Gasteiger partial charge is 0.311 e. The molecule has 0 radical (unpaired) electrons. The lowest BCUT2D eigenvalue weighted by molar-refractivity contribution is -0.154. The third-order valence-electron chi connectivity index (χ3n) is 5.45. The van der Waals surface area contributed by atoms with Crippen LogP contribution in [0.2, 0.25) is 0 Å². The maximum Gasteiger partial charge on any atom is 0.311 e. The van der Waals surface area contributed by atoms with E-state index in [9.17, 15) is 4.79 Å². The molecular weight excluding hydrogens is 330 g/mol. The standard InChI is InChI=1S/C20H27N3O3/c1-13-21-17-9-8-15(25-4)11-16(17)18(22-13)23-10-6-7-14(12-23)20(2,3)19(24)26-5/h8-9,11,14H,6-7,10,12H2,1-5H3. The van der Waals surface area contributed by atoms with Crippen molar-refractivity contribution in [3.05, 3.63) is 24.0 Å². The third kappa shape index (κ3) is 3.32. The summed E-state index contributed by atoms with van der Waals surface area (Å²) in [4.78, 5) is 23.8. The summed E-state index contributed by atoms with van der Waals surface area (Å²) in [7, 11) is 3.12. The Labute approximate surface area is 154 Å². The Morgan fingerprint density at radius 3 is 2.73 bits per heavy atom. The van der Waals surface area contributed by atoms with Gasteiger partial charge in [0.2, 0.25) is 0 Å². The van der Waals surface area contributed by atoms with Gasteiger partial charge in [-0.15, -0.1) is 0 Å². The van der Waals surface area contributed by atoms with Gasteiger partial charge in [-0.05, 0) is 57.7 Å². The second-order valence-corrected chi connectivity index (χ2v) is 7.48. The molecule has 1 aromatic heterocycles. The number of methoxy groups -OCH3 is 2. The molecule has 0 amide bonds. The van der Waals surface area contributed by atoms with E-state index >= 15 is 0 Å². The summed E-state index contributed by atoms with van der Waals surface area (Å²) in [5.74, 6) is 2.49. The minimum absolute atomic E-state index is 0.158. The van der Waals surface area contributed by atoms with Gasteiger partial charge in [-0.2, -0.15) is 0 Å². The summed E-state index contributed by atoms with van der Waals surface area (Å²) >= 11 is 0. The number of carbonyl (C=O) groups is 1. The molecule has 0 bridgehead atoms. The summed E-state index contributed by atoms with van der Waals surface area (Å²) in [6.45, 7) is 7.53. The summed E-state index contributed by atoms with van der Waals surface area (Å²) in [6, 6.07) is 5.86. The average molecular weight is 357 g/mol. The minimum Gasteiger partial charge on any atom is -0.497 e. The lowest BCUT2D eigenvalue weighted by Crippen LogP contribution is -2.45. The van der Waals surface area contributed by atoms with Crippen molar-refractivity contribution in [1.29, 1.82) is 0 Å². The number of rotatable bonds is 4. The molecule has 26 heavy (non-hydrogen) atoms. The maximum atomic E-state index is 12.2. The quantitative estimate of drug-likeness (QED) is 0.782. The van der Waals surface area contributed by atoms with Gasteiger partial charge in [0.25, 0.3) is 0 Å². The number of benzene rings is 1. The van der Waals surface area contributed by atoms with Gasteiger partial charge in [-0.3, -0.25) is 4.79 Å². The molecule has 1 aliphatic heterocycles. The van der Waals surface area contributed by atoms with E-state index in [2.05, 4.69) is 9.88 Å². The first kappa shape index (κ1) is 18.4. The highest BCUT2D eigenvalue weighted by Crippen LogP contribution is 2.37. The molecule has 1 aliphatic rings. The molecule has 0 aliphatic carbocycles. The molecule has 1 fully saturated rings. The van der Waals surface area contributed by atoms with Crippen LogP contribution in [0.25, 0.3) is 10.9 Å². The molecule has 140 valence electrons. The second-order valence-electron chi connectivity index (χ2n) is 7.48. The van der Waals surface area contributed by atoms with Gasteiger partial charge in [-0.25, -0.2) is 9.97 Å². The van der Waals surface area contributed by atoms with Gasteiger partial charge >= 0.3 is 5.97 Å². The molecular formula is C20H27N3O3. The van der Waals surface area contributed by atoms with Gasteiger partial charge in [0.15, 0.2) is 0 Å². The number of fused-ring (bicyclic) bond motifs is 1. The van der Waals surface area contributed by atoms with Crippen molar-refractivity contribution in [2.45, 2.75) is 33.6 Å². The van der Waals surface area contributed by atoms with Gasteiger partial charge in [0.05, 0.1) is 25.2 Å². The number of carbonyl (C=O) groups excluding carboxylic acids is 1. The zero-order chi connectivity index (χ0) is 18.9. The Bertz CT molecular complexity index is 819. The number of piperidine rings is 1. The van der Waals surface area contributed by atoms with E-state index in [4.69, 9.17) is 14.5 Å². The predicted molar refractivity (Wildman–Crippen MR) is 102 cm³/mol. The first-order chi connectivity index (χ1) is 12.4. The fourth-order valence-corrected chi connectivity index (χ4v) is 3.76. The van der Waals surface area contributed by atoms with Crippen LogP contribution >= 0.6 is 0 Å². The molecule has 1 unspecified atom stereocenters. The van der Waals surface area contributed by atoms with Crippen LogP contribution in [0.1, 0.15) is 32.5 Å². The van der Waals surface area contributed by atoms with Crippen LogP contribution in [0.5, 0.6) is 5.75 Å². The normalized spacial score (nSPS) is 18.0. The van der Waals surface area contributed by atoms with Crippen molar-refractivity contribution in [3.8, 4) is 5.75 Å². The van der Waals surface area contributed by atoms with Gasteiger partial charge in [0, 0.05) is 18.5 Å². The van der Waals surface area contributed by atoms with Crippen molar-refractivity contribution >= 4 is 22.7 Å². The fourth-order valence-electron chi connectivity index (χ4n) is 3.76. The van der Waals surface area contributed by atoms with Crippen LogP contribution in [0.3, 0.4) is 0 Å². The van der Waals surface area contributed by atoms with E-state index in [-0.39, 0.29) is 11.9 Å². The number of ether oxygens (including phenoxy) is 2. The maximum absolute atomic E-state index is 12.2. The van der Waals surface area contributed by atoms with E-state index in [1.54, 1.807) is 7.11 Å². The number of hydrogen-bond donors (Lipinski definition) is 0. The van der Waals surface area contributed by atoms with E-state index in [0.29, 0.717) is 0 Å². The van der Waals surface area contributed by atoms with Crippen molar-refractivity contribution in [2.75, 3.05) is 32.2 Å². The lowest BCUT2D eigenvalue weighted by atomic mass is 9.74. The molecule has 2 heterocycles. The second kappa shape index (κ2) is 7.09. The Hall–Kier alpha value is -2.37. The van der Waals surface area contributed by atoms with Crippen LogP contribution in [0.4, 0.5) is 5.82 Å². The summed E-state index contributed by atoms with van der Waals surface area (Å²) in [5.41, 5.74) is 0.380. The Morgan fingerprint density at radius 1 is 1.27 bits per heavy atom. The number of nitrogens with zero attached hydrogens (tertiary/aromatic N) is 3. The zero-order valence-electron chi connectivity index (χ0n) is 16.2. The van der Waals surface area contributed by atoms with Gasteiger partial charge in [0.1, 0.15) is 17.4 Å². The topological polar surface area (TPSA) is 64.5 Å². The SMILES string of the molecule is COC(=O)C(C)(C)C1CCCN(c2nc(C)nc3ccc(OC)cc23)C1. The highest BCUT2D eigenvalue weighted by molar-refractivity contribution is 5.90. The molecule has 0 N–H and O–H groups in total. The van der Waals surface area contributed by atoms with Crippen LogP contribution in [-0.2, 0) is 9.53 Å². The van der Waals surface area contributed by atoms with Crippen LogP contribution < -0.4 is 9.64 Å². The van der Waals surface area contributed by atoms with E-state index in [1.807, 2.05) is 39.0 Å². The van der Waals surface area contributed by atoms with Gasteiger partial charge < -0.3 is 14.4 Å². The fraction of sp³-hybridized carbons (Fsp3) is 0.550. The highest BCUT2D eigenvalue weighted by Gasteiger charge is 2.40. The van der Waals surface area contributed by atoms with Crippen molar-refractivity contribution in [2.24, 2.45) is 11.3 Å². The summed E-state index contributed by atoms with van der Waals surface area (Å²) in [5, 5.41) is 0.978. The molecule has 1 atom stereocenters. The molecule has 1 aromatic carbocycles. The molecule has 6 heteroatoms. The van der Waals surface area contributed by atoms with E-state index in [1.165, 1.54) is 7.11 Å². The molecule has 6 nitrogen and oxygen atoms in total. The monoisotopic (exact) mass is 357 g/mol. The molecule has 2 aromatic rings. The van der Waals surface area contributed by atoms with E-state index < -0.39 is 5.41 Å². The van der Waals surface area contributed by atoms with Crippen molar-refractivity contribution in [1.82, 2.24) is 9.97 Å². The minimum atomic E-state index is -0.525. The number of esters is 1. The Balaban J connectivity index is 1.99. The number of aromatic nitrogens is 2. The number of aryl methyl sites for hydroxylation is 1. The molecule has 0 spiro atoms. The average Bonchev–Trinajstić information content (AvgIpc) is 2.66. The van der Waals surface area contributed by atoms with Crippen LogP contribution in [-0.4, -0.2) is 43.2 Å². The summed E-state index contributed by atoms with van der Waals surface area (Å²) in [6.07, 6.45) is 2.02. The first-order valence-electron chi connectivity index (χ1n) is 9.02. The largest absolute Gasteiger partial charge is 0.497 e. The number of anilines is 1. The van der Waals surface area contributed by atoms with E-state index in [0.717, 1.165) is 54.2 Å². The lowest BCUT2D eigenvalue weighted by Gasteiger charge is -2.40. The Kier molecular flexibility index (Phi) is 5.03. The molecule has 1 saturated heterocycles. The van der Waals surface area contributed by atoms with Crippen molar-refractivity contribution in [3.63, 3.8) is 0 Å². The predicted octanol–water partition coefficient (Wildman–Crippen LogP) is 3.36. The highest BCUT2D eigenvalue weighted by atomic mass is 16.5. The van der Waals surface area contributed by atoms with Crippen LogP contribution in [0.15, 0.2) is 18.2 Å². The zero-order valence-corrected chi connectivity index (χ0v) is 16.2. The first-order valence-corrected chi connectivity index (χ1v) is 9.02. The number of hydrogen-bond acceptors (Lipinski definition) is 6. The van der Waals surface area contributed by atoms with Crippen LogP contribution in [0, 0.1) is 18.3 Å². The molecule has 0 saturated carbocycles. The van der Waals surface area contributed by atoms with Gasteiger partial charge in [-0.1, -0.05) is 0 Å². The van der Waals surface area contributed by atoms with Crippen molar-refractivity contribution < 1.29 is 14.3 Å². The Morgan fingerprint density at radius 2 is 2.04 bits per heavy atom.